The maximum Gasteiger partial charge on any atom is 0.405 e. The number of nitrogens with two attached hydrogens (primary N) is 1. The third-order valence-corrected chi connectivity index (χ3v) is 4.19. The summed E-state index contributed by atoms with van der Waals surface area (Å²) in [7, 11) is 0. The molecule has 1 aliphatic heterocycles. The minimum atomic E-state index is -1.69. The number of aryl methyl sites for hydroxylation is 1. The van der Waals surface area contributed by atoms with Crippen LogP contribution in [0.15, 0.2) is 24.0 Å². The van der Waals surface area contributed by atoms with E-state index < -0.39 is 24.1 Å². The molecule has 0 aromatic carbocycles. The van der Waals surface area contributed by atoms with Crippen LogP contribution < -0.4 is 11.1 Å². The number of amides is 2. The molecule has 0 saturated carbocycles. The Morgan fingerprint density at radius 1 is 1.27 bits per heavy atom. The summed E-state index contributed by atoms with van der Waals surface area (Å²) in [6.45, 7) is 0.319. The van der Waals surface area contributed by atoms with Crippen molar-refractivity contribution in [1.29, 1.82) is 0 Å². The van der Waals surface area contributed by atoms with Crippen molar-refractivity contribution in [2.24, 2.45) is 0 Å². The molecule has 10 heteroatoms. The fourth-order valence-corrected chi connectivity index (χ4v) is 2.79. The monoisotopic (exact) mass is 369 g/mol. The van der Waals surface area contributed by atoms with Gasteiger partial charge in [0.25, 0.3) is 6.08 Å². The lowest BCUT2D eigenvalue weighted by atomic mass is 10.0. The van der Waals surface area contributed by atoms with Gasteiger partial charge in [0.1, 0.15) is 11.9 Å². The van der Waals surface area contributed by atoms with Crippen molar-refractivity contribution in [3.63, 3.8) is 0 Å². The van der Waals surface area contributed by atoms with E-state index in [0.717, 1.165) is 0 Å². The van der Waals surface area contributed by atoms with Crippen molar-refractivity contribution < 1.29 is 23.5 Å². The number of aromatic nitrogens is 2. The van der Waals surface area contributed by atoms with Crippen molar-refractivity contribution in [1.82, 2.24) is 20.2 Å². The Labute approximate surface area is 149 Å². The van der Waals surface area contributed by atoms with Crippen LogP contribution in [-0.4, -0.2) is 51.1 Å². The van der Waals surface area contributed by atoms with Crippen LogP contribution in [0.5, 0.6) is 0 Å². The molecule has 0 radical (unpaired) electrons. The van der Waals surface area contributed by atoms with Crippen LogP contribution >= 0.6 is 0 Å². The van der Waals surface area contributed by atoms with E-state index in [-0.39, 0.29) is 37.9 Å². The minimum absolute atomic E-state index is 0.0544. The van der Waals surface area contributed by atoms with Crippen LogP contribution in [0.25, 0.3) is 0 Å². The average molecular weight is 369 g/mol. The molecule has 0 bridgehead atoms. The largest absolute Gasteiger partial charge is 0.465 e. The Kier molecular flexibility index (Phi) is 6.81. The molecule has 1 aliphatic rings. The van der Waals surface area contributed by atoms with Gasteiger partial charge >= 0.3 is 6.09 Å². The zero-order valence-corrected chi connectivity index (χ0v) is 14.1. The second-order valence-corrected chi connectivity index (χ2v) is 6.02. The van der Waals surface area contributed by atoms with Gasteiger partial charge in [-0.3, -0.25) is 9.78 Å². The number of carbonyl (C=O) groups excluding carboxylic acids is 1. The number of nitrogens with one attached hydrogen (secondary N) is 1. The number of carboxylic acid groups (broad SMARTS) is 1. The number of piperidine rings is 1. The van der Waals surface area contributed by atoms with Gasteiger partial charge in [-0.1, -0.05) is 0 Å². The van der Waals surface area contributed by atoms with Crippen LogP contribution in [0.1, 0.15) is 31.4 Å². The van der Waals surface area contributed by atoms with E-state index >= 15 is 0 Å². The first-order valence-electron chi connectivity index (χ1n) is 8.24. The van der Waals surface area contributed by atoms with Crippen molar-refractivity contribution in [2.75, 3.05) is 18.8 Å². The predicted octanol–water partition coefficient (Wildman–Crippen LogP) is 1.79. The average Bonchev–Trinajstić information content (AvgIpc) is 2.61. The molecule has 0 aliphatic carbocycles. The van der Waals surface area contributed by atoms with Gasteiger partial charge in [-0.15, -0.1) is 0 Å². The van der Waals surface area contributed by atoms with E-state index in [1.807, 2.05) is 0 Å². The molecule has 2 rings (SSSR count). The molecule has 1 aromatic rings. The van der Waals surface area contributed by atoms with Gasteiger partial charge in [0.15, 0.2) is 0 Å². The molecule has 1 aromatic heterocycles. The minimum Gasteiger partial charge on any atom is -0.465 e. The number of carbonyl (C=O) groups is 2. The predicted molar refractivity (Wildman–Crippen MR) is 89.4 cm³/mol. The van der Waals surface area contributed by atoms with Gasteiger partial charge in [0.05, 0.1) is 18.1 Å². The van der Waals surface area contributed by atoms with Crippen molar-refractivity contribution in [3.05, 3.63) is 29.7 Å². The zero-order valence-electron chi connectivity index (χ0n) is 14.1. The van der Waals surface area contributed by atoms with Crippen LogP contribution in [0.3, 0.4) is 0 Å². The number of halogens is 2. The summed E-state index contributed by atoms with van der Waals surface area (Å²) in [6.07, 6.45) is 1.46. The van der Waals surface area contributed by atoms with Gasteiger partial charge in [-0.25, -0.2) is 9.78 Å². The quantitative estimate of drug-likeness (QED) is 0.703. The van der Waals surface area contributed by atoms with Crippen molar-refractivity contribution in [3.8, 4) is 0 Å². The summed E-state index contributed by atoms with van der Waals surface area (Å²) >= 11 is 0. The highest BCUT2D eigenvalue weighted by molar-refractivity contribution is 5.85. The highest BCUT2D eigenvalue weighted by Crippen LogP contribution is 2.22. The van der Waals surface area contributed by atoms with E-state index in [9.17, 15) is 18.4 Å². The van der Waals surface area contributed by atoms with Crippen LogP contribution in [0.2, 0.25) is 0 Å². The van der Waals surface area contributed by atoms with Gasteiger partial charge in [-0.2, -0.15) is 8.78 Å². The molecule has 1 fully saturated rings. The lowest BCUT2D eigenvalue weighted by Crippen LogP contribution is -2.50. The van der Waals surface area contributed by atoms with Gasteiger partial charge in [-0.05, 0) is 37.7 Å². The molecular formula is C16H21F2N5O3. The second-order valence-electron chi connectivity index (χ2n) is 6.02. The first-order valence-corrected chi connectivity index (χ1v) is 8.24. The first kappa shape index (κ1) is 19.5. The molecule has 26 heavy (non-hydrogen) atoms. The Balaban J connectivity index is 1.91. The summed E-state index contributed by atoms with van der Waals surface area (Å²) in [5.41, 5.74) is 6.20. The van der Waals surface area contributed by atoms with Gasteiger partial charge < -0.3 is 21.1 Å². The normalized spacial score (nSPS) is 15.5. The molecule has 0 spiro atoms. The second kappa shape index (κ2) is 9.07. The highest BCUT2D eigenvalue weighted by atomic mass is 19.3. The molecule has 8 nitrogen and oxygen atoms in total. The van der Waals surface area contributed by atoms with Gasteiger partial charge in [0, 0.05) is 13.1 Å². The third-order valence-electron chi connectivity index (χ3n) is 4.19. The fourth-order valence-electron chi connectivity index (χ4n) is 2.79. The van der Waals surface area contributed by atoms with Gasteiger partial charge in [0.2, 0.25) is 5.91 Å². The Morgan fingerprint density at radius 2 is 1.96 bits per heavy atom. The lowest BCUT2D eigenvalue weighted by molar-refractivity contribution is -0.134. The molecule has 0 unspecified atom stereocenters. The van der Waals surface area contributed by atoms with Crippen LogP contribution in [0, 0.1) is 0 Å². The molecular weight excluding hydrogens is 348 g/mol. The summed E-state index contributed by atoms with van der Waals surface area (Å²) in [4.78, 5) is 33.0. The SMILES string of the molecule is Nc1cnc(CCC[C@H](NC(=O)O)C(=O)N2CCC(=C(F)F)CC2)cn1. The molecule has 1 saturated heterocycles. The Bertz CT molecular complexity index is 667. The molecule has 142 valence electrons. The Morgan fingerprint density at radius 3 is 2.50 bits per heavy atom. The number of hydrogen-bond donors (Lipinski definition) is 3. The standard InChI is InChI=1S/C16H21F2N5O3/c17-14(18)10-4-6-23(7-5-10)15(24)12(22-16(25)26)3-1-2-11-8-21-13(19)9-20-11/h8-9,12,22H,1-7H2,(H2,19,21)(H,25,26)/t12-/m0/s1. The lowest BCUT2D eigenvalue weighted by Gasteiger charge is -2.31. The molecule has 4 N–H and O–H groups in total. The van der Waals surface area contributed by atoms with E-state index in [1.54, 1.807) is 0 Å². The summed E-state index contributed by atoms with van der Waals surface area (Å²) in [5.74, 6) is -0.0910. The van der Waals surface area contributed by atoms with E-state index in [4.69, 9.17) is 10.8 Å². The number of anilines is 1. The first-order chi connectivity index (χ1) is 12.4. The molecule has 2 heterocycles. The summed E-state index contributed by atoms with van der Waals surface area (Å²) in [5, 5.41) is 11.2. The molecule has 2 amide bonds. The number of nitrogen functional groups attached to an aromatic ring is 1. The topological polar surface area (TPSA) is 121 Å². The summed E-state index contributed by atoms with van der Waals surface area (Å²) < 4.78 is 25.2. The molecule has 1 atom stereocenters. The maximum absolute atomic E-state index is 12.6. The van der Waals surface area contributed by atoms with Crippen molar-refractivity contribution in [2.45, 2.75) is 38.1 Å². The van der Waals surface area contributed by atoms with Crippen LogP contribution in [-0.2, 0) is 11.2 Å². The van der Waals surface area contributed by atoms with Crippen molar-refractivity contribution >= 4 is 17.8 Å². The Hall–Kier alpha value is -2.78. The third kappa shape index (κ3) is 5.64. The number of hydrogen-bond acceptors (Lipinski definition) is 5. The maximum atomic E-state index is 12.6. The summed E-state index contributed by atoms with van der Waals surface area (Å²) in [6, 6.07) is -0.921. The number of likely N-dealkylation sites (tertiary alicyclic amines) is 1. The number of nitrogens with zero attached hydrogens (tertiary/aromatic N) is 3. The van der Waals surface area contributed by atoms with E-state index in [2.05, 4.69) is 15.3 Å². The highest BCUT2D eigenvalue weighted by Gasteiger charge is 2.28. The smallest absolute Gasteiger partial charge is 0.405 e. The van der Waals surface area contributed by atoms with E-state index in [0.29, 0.717) is 24.4 Å². The van der Waals surface area contributed by atoms with Crippen LogP contribution in [0.4, 0.5) is 19.4 Å². The number of rotatable bonds is 6. The zero-order chi connectivity index (χ0) is 19.1. The van der Waals surface area contributed by atoms with E-state index in [1.165, 1.54) is 17.3 Å². The fraction of sp³-hybridized carbons (Fsp3) is 0.500.